The number of carbonyl (C=O) groups is 2. The van der Waals surface area contributed by atoms with Crippen molar-refractivity contribution in [1.82, 2.24) is 0 Å². The zero-order valence-corrected chi connectivity index (χ0v) is 10.7. The summed E-state index contributed by atoms with van der Waals surface area (Å²) in [5.74, 6) is 0.314. The van der Waals surface area contributed by atoms with Gasteiger partial charge < -0.3 is 9.64 Å². The smallest absolute Gasteiger partial charge is 0.414 e. The fraction of sp³-hybridized carbons (Fsp3) is 0.429. The van der Waals surface area contributed by atoms with Gasteiger partial charge in [0.1, 0.15) is 12.4 Å². The van der Waals surface area contributed by atoms with Crippen LogP contribution in [0, 0.1) is 0 Å². The first kappa shape index (κ1) is 12.0. The van der Waals surface area contributed by atoms with Crippen molar-refractivity contribution in [3.05, 3.63) is 24.3 Å². The van der Waals surface area contributed by atoms with Crippen LogP contribution in [0.15, 0.2) is 24.3 Å². The summed E-state index contributed by atoms with van der Waals surface area (Å²) in [4.78, 5) is 26.8. The van der Waals surface area contributed by atoms with Gasteiger partial charge in [0.15, 0.2) is 0 Å². The van der Waals surface area contributed by atoms with E-state index in [1.807, 2.05) is 24.3 Å². The predicted octanol–water partition coefficient (Wildman–Crippen LogP) is 1.81. The van der Waals surface area contributed by atoms with Gasteiger partial charge in [0, 0.05) is 25.9 Å². The number of para-hydroxylation sites is 2. The fourth-order valence-corrected chi connectivity index (χ4v) is 2.57. The predicted molar refractivity (Wildman–Crippen MR) is 71.6 cm³/mol. The highest BCUT2D eigenvalue weighted by Crippen LogP contribution is 2.32. The summed E-state index contributed by atoms with van der Waals surface area (Å²) in [6.45, 7) is 2.46. The lowest BCUT2D eigenvalue weighted by molar-refractivity contribution is -0.119. The number of rotatable bonds is 2. The Morgan fingerprint density at radius 3 is 2.26 bits per heavy atom. The second-order valence-electron chi connectivity index (χ2n) is 4.78. The number of hydrogen-bond donors (Lipinski definition) is 0. The zero-order valence-electron chi connectivity index (χ0n) is 10.7. The molecule has 0 N–H and O–H groups in total. The van der Waals surface area contributed by atoms with E-state index in [-0.39, 0.29) is 6.09 Å². The standard InChI is InChI=1S/C14H16N2O3/c17-11-5-7-15(8-6-11)12-3-1-2-4-13(12)16-9-10-19-14(16)18/h1-4H,5-10H2. The van der Waals surface area contributed by atoms with Crippen LogP contribution in [0.25, 0.3) is 0 Å². The summed E-state index contributed by atoms with van der Waals surface area (Å²) < 4.78 is 4.99. The van der Waals surface area contributed by atoms with Gasteiger partial charge in [-0.05, 0) is 12.1 Å². The monoisotopic (exact) mass is 260 g/mol. The molecule has 1 aromatic rings. The van der Waals surface area contributed by atoms with Crippen molar-refractivity contribution in [2.75, 3.05) is 36.0 Å². The number of amides is 1. The van der Waals surface area contributed by atoms with E-state index >= 15 is 0 Å². The fourth-order valence-electron chi connectivity index (χ4n) is 2.57. The first-order valence-corrected chi connectivity index (χ1v) is 6.56. The second kappa shape index (κ2) is 4.91. The van der Waals surface area contributed by atoms with Gasteiger partial charge in [-0.25, -0.2) is 4.79 Å². The van der Waals surface area contributed by atoms with E-state index in [1.54, 1.807) is 4.90 Å². The molecule has 0 bridgehead atoms. The Bertz CT molecular complexity index is 505. The van der Waals surface area contributed by atoms with E-state index in [0.29, 0.717) is 31.8 Å². The lowest BCUT2D eigenvalue weighted by Gasteiger charge is -2.31. The van der Waals surface area contributed by atoms with Gasteiger partial charge in [-0.2, -0.15) is 0 Å². The third-order valence-corrected chi connectivity index (χ3v) is 3.60. The molecular weight excluding hydrogens is 244 g/mol. The molecule has 0 unspecified atom stereocenters. The Morgan fingerprint density at radius 1 is 0.947 bits per heavy atom. The van der Waals surface area contributed by atoms with Gasteiger partial charge in [0.05, 0.1) is 17.9 Å². The van der Waals surface area contributed by atoms with Crippen molar-refractivity contribution in [2.45, 2.75) is 12.8 Å². The van der Waals surface area contributed by atoms with Gasteiger partial charge in [0.2, 0.25) is 0 Å². The molecule has 0 aliphatic carbocycles. The zero-order chi connectivity index (χ0) is 13.2. The largest absolute Gasteiger partial charge is 0.447 e. The summed E-state index contributed by atoms with van der Waals surface area (Å²) in [7, 11) is 0. The Hall–Kier alpha value is -2.04. The average Bonchev–Trinajstić information content (AvgIpc) is 2.86. The number of ether oxygens (including phenoxy) is 1. The molecule has 19 heavy (non-hydrogen) atoms. The highest BCUT2D eigenvalue weighted by molar-refractivity contribution is 5.94. The van der Waals surface area contributed by atoms with Crippen LogP contribution in [0.5, 0.6) is 0 Å². The van der Waals surface area contributed by atoms with Crippen LogP contribution >= 0.6 is 0 Å². The van der Waals surface area contributed by atoms with E-state index in [9.17, 15) is 9.59 Å². The first-order valence-electron chi connectivity index (χ1n) is 6.56. The Labute approximate surface area is 111 Å². The Morgan fingerprint density at radius 2 is 1.63 bits per heavy atom. The topological polar surface area (TPSA) is 49.9 Å². The summed E-state index contributed by atoms with van der Waals surface area (Å²) in [6, 6.07) is 7.80. The molecule has 2 fully saturated rings. The van der Waals surface area contributed by atoms with E-state index in [4.69, 9.17) is 4.74 Å². The molecule has 0 saturated carbocycles. The molecule has 5 nitrogen and oxygen atoms in total. The number of piperidine rings is 1. The molecule has 2 saturated heterocycles. The molecule has 5 heteroatoms. The van der Waals surface area contributed by atoms with Crippen LogP contribution in [0.3, 0.4) is 0 Å². The summed E-state index contributed by atoms with van der Waals surface area (Å²) in [5.41, 5.74) is 1.88. The van der Waals surface area contributed by atoms with Gasteiger partial charge in [0.25, 0.3) is 0 Å². The van der Waals surface area contributed by atoms with Crippen molar-refractivity contribution >= 4 is 23.3 Å². The second-order valence-corrected chi connectivity index (χ2v) is 4.78. The molecule has 100 valence electrons. The number of Topliss-reactive ketones (excluding diaryl/α,β-unsaturated/α-hetero) is 1. The molecule has 0 atom stereocenters. The molecule has 2 heterocycles. The van der Waals surface area contributed by atoms with Gasteiger partial charge in [-0.1, -0.05) is 12.1 Å². The van der Waals surface area contributed by atoms with Crippen molar-refractivity contribution in [1.29, 1.82) is 0 Å². The minimum atomic E-state index is -0.291. The molecule has 3 rings (SSSR count). The maximum atomic E-state index is 11.7. The Balaban J connectivity index is 1.89. The summed E-state index contributed by atoms with van der Waals surface area (Å²) >= 11 is 0. The minimum absolute atomic E-state index is 0.291. The molecule has 0 spiro atoms. The molecule has 2 aliphatic rings. The van der Waals surface area contributed by atoms with Crippen LogP contribution in [-0.2, 0) is 9.53 Å². The molecule has 1 aromatic carbocycles. The van der Waals surface area contributed by atoms with Crippen LogP contribution < -0.4 is 9.80 Å². The van der Waals surface area contributed by atoms with Crippen LogP contribution in [0.1, 0.15) is 12.8 Å². The van der Waals surface area contributed by atoms with E-state index in [0.717, 1.165) is 24.5 Å². The van der Waals surface area contributed by atoms with Crippen LogP contribution in [0.2, 0.25) is 0 Å². The lowest BCUT2D eigenvalue weighted by Crippen LogP contribution is -2.35. The van der Waals surface area contributed by atoms with Crippen molar-refractivity contribution in [3.63, 3.8) is 0 Å². The SMILES string of the molecule is O=C1CCN(c2ccccc2N2CCOC2=O)CC1. The number of hydrogen-bond acceptors (Lipinski definition) is 4. The van der Waals surface area contributed by atoms with Crippen LogP contribution in [0.4, 0.5) is 16.2 Å². The van der Waals surface area contributed by atoms with Gasteiger partial charge in [-0.3, -0.25) is 9.69 Å². The molecular formula is C14H16N2O3. The molecule has 1 amide bonds. The lowest BCUT2D eigenvalue weighted by atomic mass is 10.1. The third-order valence-electron chi connectivity index (χ3n) is 3.60. The molecule has 2 aliphatic heterocycles. The highest BCUT2D eigenvalue weighted by Gasteiger charge is 2.27. The third kappa shape index (κ3) is 2.28. The quantitative estimate of drug-likeness (QED) is 0.813. The van der Waals surface area contributed by atoms with Crippen LogP contribution in [-0.4, -0.2) is 38.1 Å². The number of carbonyl (C=O) groups excluding carboxylic acids is 2. The normalized spacial score (nSPS) is 19.8. The average molecular weight is 260 g/mol. The summed E-state index contributed by atoms with van der Waals surface area (Å²) in [5, 5.41) is 0. The van der Waals surface area contributed by atoms with E-state index in [1.165, 1.54) is 0 Å². The minimum Gasteiger partial charge on any atom is -0.447 e. The maximum absolute atomic E-state index is 11.7. The highest BCUT2D eigenvalue weighted by atomic mass is 16.6. The van der Waals surface area contributed by atoms with Crippen molar-refractivity contribution < 1.29 is 14.3 Å². The Kier molecular flexibility index (Phi) is 3.11. The van der Waals surface area contributed by atoms with E-state index in [2.05, 4.69) is 4.90 Å². The summed E-state index contributed by atoms with van der Waals surface area (Å²) in [6.07, 6.45) is 0.873. The maximum Gasteiger partial charge on any atom is 0.414 e. The van der Waals surface area contributed by atoms with Crippen molar-refractivity contribution in [2.24, 2.45) is 0 Å². The van der Waals surface area contributed by atoms with Gasteiger partial charge in [-0.15, -0.1) is 0 Å². The molecule has 0 aromatic heterocycles. The van der Waals surface area contributed by atoms with Gasteiger partial charge >= 0.3 is 6.09 Å². The number of nitrogens with zero attached hydrogens (tertiary/aromatic N) is 2. The van der Waals surface area contributed by atoms with E-state index < -0.39 is 0 Å². The first-order chi connectivity index (χ1) is 9.25. The van der Waals surface area contributed by atoms with Crippen molar-refractivity contribution in [3.8, 4) is 0 Å². The number of ketones is 1. The molecule has 0 radical (unpaired) electrons. The number of cyclic esters (lactones) is 1. The number of benzene rings is 1. The number of anilines is 2.